The van der Waals surface area contributed by atoms with E-state index in [-0.39, 0.29) is 10.6 Å². The van der Waals surface area contributed by atoms with Crippen molar-refractivity contribution in [1.82, 2.24) is 9.55 Å². The molecule has 0 fully saturated rings. The number of carboxylic acid groups (broad SMARTS) is 1. The Bertz CT molecular complexity index is 1040. The molecule has 0 radical (unpaired) electrons. The molecule has 0 amide bonds. The van der Waals surface area contributed by atoms with Crippen molar-refractivity contribution in [2.24, 2.45) is 0 Å². The Kier molecular flexibility index (Phi) is 4.02. The van der Waals surface area contributed by atoms with Crippen molar-refractivity contribution in [3.8, 4) is 17.5 Å². The van der Waals surface area contributed by atoms with Crippen LogP contribution in [0.15, 0.2) is 36.4 Å². The number of hydrogen-bond donors (Lipinski definition) is 1. The van der Waals surface area contributed by atoms with Crippen molar-refractivity contribution in [3.63, 3.8) is 0 Å². The van der Waals surface area contributed by atoms with Crippen molar-refractivity contribution in [2.45, 2.75) is 26.2 Å². The van der Waals surface area contributed by atoms with E-state index in [1.54, 1.807) is 36.4 Å². The number of carbonyl (C=O) groups is 1. The summed E-state index contributed by atoms with van der Waals surface area (Å²) in [5, 5.41) is 20.1. The van der Waals surface area contributed by atoms with Crippen LogP contribution in [0.25, 0.3) is 22.3 Å². The molecule has 0 saturated carbocycles. The lowest BCUT2D eigenvalue weighted by atomic mass is 9.84. The zero-order chi connectivity index (χ0) is 18.4. The fraction of sp³-hybridized carbons (Fsp3) is 0.211. The third kappa shape index (κ3) is 2.86. The third-order valence-corrected chi connectivity index (χ3v) is 4.21. The quantitative estimate of drug-likeness (QED) is 0.621. The monoisotopic (exact) mass is 353 g/mol. The molecule has 25 heavy (non-hydrogen) atoms. The maximum Gasteiger partial charge on any atom is 0.416 e. The molecule has 1 N–H and O–H groups in total. The van der Waals surface area contributed by atoms with E-state index < -0.39 is 6.09 Å². The van der Waals surface area contributed by atoms with Crippen LogP contribution in [0.3, 0.4) is 0 Å². The number of halogens is 1. The van der Waals surface area contributed by atoms with Crippen LogP contribution in [0.4, 0.5) is 4.79 Å². The highest BCUT2D eigenvalue weighted by Crippen LogP contribution is 2.40. The van der Waals surface area contributed by atoms with Gasteiger partial charge in [0.25, 0.3) is 0 Å². The standard InChI is InChI=1S/C19H16ClN3O2/c1-19(2,3)16-12-8-7-11(10-21)9-14(12)23(18(24)25)17(16)13-5-4-6-15(20)22-13/h4-9H,1-3H3,(H,24,25). The number of nitriles is 1. The zero-order valence-electron chi connectivity index (χ0n) is 14.0. The van der Waals surface area contributed by atoms with Crippen LogP contribution in [0.1, 0.15) is 31.9 Å². The maximum atomic E-state index is 12.1. The molecule has 5 nitrogen and oxygen atoms in total. The Hall–Kier alpha value is -2.84. The molecule has 126 valence electrons. The minimum atomic E-state index is -1.13. The van der Waals surface area contributed by atoms with Gasteiger partial charge in [0.05, 0.1) is 28.5 Å². The lowest BCUT2D eigenvalue weighted by Gasteiger charge is -2.21. The van der Waals surface area contributed by atoms with Gasteiger partial charge in [-0.2, -0.15) is 5.26 Å². The van der Waals surface area contributed by atoms with Gasteiger partial charge in [0.1, 0.15) is 5.15 Å². The molecule has 0 spiro atoms. The zero-order valence-corrected chi connectivity index (χ0v) is 14.8. The Morgan fingerprint density at radius 3 is 2.56 bits per heavy atom. The molecule has 0 bridgehead atoms. The molecule has 1 aromatic carbocycles. The number of hydrogen-bond acceptors (Lipinski definition) is 3. The SMILES string of the molecule is CC(C)(C)c1c(-c2cccc(Cl)n2)n(C(=O)O)c2cc(C#N)ccc12. The number of pyridine rings is 1. The largest absolute Gasteiger partial charge is 0.464 e. The van der Waals surface area contributed by atoms with E-state index in [1.165, 1.54) is 4.57 Å². The Labute approximate surface area is 150 Å². The van der Waals surface area contributed by atoms with Crippen molar-refractivity contribution < 1.29 is 9.90 Å². The molecule has 0 atom stereocenters. The first kappa shape index (κ1) is 17.0. The van der Waals surface area contributed by atoms with Crippen LogP contribution in [0.2, 0.25) is 5.15 Å². The second-order valence-corrected chi connectivity index (χ2v) is 7.17. The predicted molar refractivity (Wildman–Crippen MR) is 97.0 cm³/mol. The van der Waals surface area contributed by atoms with Gasteiger partial charge >= 0.3 is 6.09 Å². The first-order valence-corrected chi connectivity index (χ1v) is 8.07. The van der Waals surface area contributed by atoms with E-state index in [1.807, 2.05) is 20.8 Å². The molecule has 0 saturated heterocycles. The topological polar surface area (TPSA) is 78.9 Å². The summed E-state index contributed by atoms with van der Waals surface area (Å²) in [4.78, 5) is 16.4. The maximum absolute atomic E-state index is 12.1. The van der Waals surface area contributed by atoms with Gasteiger partial charge in [-0.15, -0.1) is 0 Å². The summed E-state index contributed by atoms with van der Waals surface area (Å²) in [5.41, 5.74) is 2.34. The Balaban J connectivity index is 2.55. The van der Waals surface area contributed by atoms with Crippen LogP contribution in [0, 0.1) is 11.3 Å². The van der Waals surface area contributed by atoms with Gasteiger partial charge in [0, 0.05) is 5.39 Å². The summed E-state index contributed by atoms with van der Waals surface area (Å²) < 4.78 is 1.19. The van der Waals surface area contributed by atoms with Gasteiger partial charge in [-0.3, -0.25) is 0 Å². The molecule has 3 rings (SSSR count). The average Bonchev–Trinajstić information content (AvgIpc) is 2.89. The van der Waals surface area contributed by atoms with Crippen LogP contribution in [-0.2, 0) is 5.41 Å². The lowest BCUT2D eigenvalue weighted by molar-refractivity contribution is 0.198. The van der Waals surface area contributed by atoms with Gasteiger partial charge in [-0.25, -0.2) is 14.3 Å². The summed E-state index contributed by atoms with van der Waals surface area (Å²) in [7, 11) is 0. The number of rotatable bonds is 1. The highest BCUT2D eigenvalue weighted by Gasteiger charge is 2.30. The van der Waals surface area contributed by atoms with Gasteiger partial charge in [-0.1, -0.05) is 44.5 Å². The van der Waals surface area contributed by atoms with Crippen molar-refractivity contribution in [1.29, 1.82) is 5.26 Å². The molecule has 0 unspecified atom stereocenters. The Morgan fingerprint density at radius 2 is 2.00 bits per heavy atom. The fourth-order valence-electron chi connectivity index (χ4n) is 3.10. The van der Waals surface area contributed by atoms with Crippen molar-refractivity contribution in [2.75, 3.05) is 0 Å². The van der Waals surface area contributed by atoms with Gasteiger partial charge in [0.15, 0.2) is 0 Å². The van der Waals surface area contributed by atoms with E-state index in [9.17, 15) is 15.2 Å². The minimum Gasteiger partial charge on any atom is -0.464 e. The molecule has 0 aliphatic heterocycles. The summed E-state index contributed by atoms with van der Waals surface area (Å²) >= 11 is 6.03. The summed E-state index contributed by atoms with van der Waals surface area (Å²) in [6.45, 7) is 6.04. The molecule has 6 heteroatoms. The van der Waals surface area contributed by atoms with Crippen LogP contribution < -0.4 is 0 Å². The van der Waals surface area contributed by atoms with Crippen LogP contribution in [-0.4, -0.2) is 20.8 Å². The third-order valence-electron chi connectivity index (χ3n) is 4.00. The van der Waals surface area contributed by atoms with Crippen molar-refractivity contribution in [3.05, 3.63) is 52.7 Å². The number of nitrogens with zero attached hydrogens (tertiary/aromatic N) is 3. The van der Waals surface area contributed by atoms with Gasteiger partial charge in [-0.05, 0) is 35.2 Å². The lowest BCUT2D eigenvalue weighted by Crippen LogP contribution is -2.15. The number of benzene rings is 1. The predicted octanol–water partition coefficient (Wildman–Crippen LogP) is 5.05. The molecule has 2 aromatic heterocycles. The first-order chi connectivity index (χ1) is 11.7. The van der Waals surface area contributed by atoms with Crippen LogP contribution in [0.5, 0.6) is 0 Å². The Morgan fingerprint density at radius 1 is 1.28 bits per heavy atom. The number of fused-ring (bicyclic) bond motifs is 1. The molecule has 0 aliphatic carbocycles. The van der Waals surface area contributed by atoms with E-state index in [0.717, 1.165) is 10.9 Å². The molecule has 0 aliphatic rings. The second-order valence-electron chi connectivity index (χ2n) is 6.78. The molecule has 2 heterocycles. The smallest absolute Gasteiger partial charge is 0.416 e. The first-order valence-electron chi connectivity index (χ1n) is 7.69. The van der Waals surface area contributed by atoms with E-state index in [2.05, 4.69) is 11.1 Å². The highest BCUT2D eigenvalue weighted by atomic mass is 35.5. The van der Waals surface area contributed by atoms with Crippen LogP contribution >= 0.6 is 11.6 Å². The summed E-state index contributed by atoms with van der Waals surface area (Å²) in [5.74, 6) is 0. The van der Waals surface area contributed by atoms with Gasteiger partial charge < -0.3 is 5.11 Å². The summed E-state index contributed by atoms with van der Waals surface area (Å²) in [6, 6.07) is 12.3. The second kappa shape index (κ2) is 5.91. The average molecular weight is 354 g/mol. The number of aromatic nitrogens is 2. The fourth-order valence-corrected chi connectivity index (χ4v) is 3.26. The normalized spacial score (nSPS) is 11.5. The highest BCUT2D eigenvalue weighted by molar-refractivity contribution is 6.29. The van der Waals surface area contributed by atoms with Gasteiger partial charge in [0.2, 0.25) is 0 Å². The molecular weight excluding hydrogens is 338 g/mol. The van der Waals surface area contributed by atoms with E-state index >= 15 is 0 Å². The minimum absolute atomic E-state index is 0.289. The molecular formula is C19H16ClN3O2. The summed E-state index contributed by atoms with van der Waals surface area (Å²) in [6.07, 6.45) is -1.13. The molecule has 3 aromatic rings. The van der Waals surface area contributed by atoms with E-state index in [0.29, 0.717) is 22.5 Å². The van der Waals surface area contributed by atoms with E-state index in [4.69, 9.17) is 11.6 Å². The van der Waals surface area contributed by atoms with Crippen molar-refractivity contribution >= 4 is 28.6 Å².